The Kier molecular flexibility index (Phi) is 3.64. The van der Waals surface area contributed by atoms with Gasteiger partial charge in [0, 0.05) is 11.5 Å². The summed E-state index contributed by atoms with van der Waals surface area (Å²) in [6.45, 7) is -0.922. The Morgan fingerprint density at radius 2 is 1.72 bits per heavy atom. The highest BCUT2D eigenvalue weighted by atomic mass is 35.5. The maximum Gasteiger partial charge on any atom is 0.282 e. The molecule has 1 saturated heterocycles. The Labute approximate surface area is 144 Å². The third-order valence-electron chi connectivity index (χ3n) is 4.56. The molecule has 0 spiro atoms. The van der Waals surface area contributed by atoms with Gasteiger partial charge in [-0.1, -0.05) is 0 Å². The van der Waals surface area contributed by atoms with Crippen LogP contribution in [0, 0.1) is 17.5 Å². The van der Waals surface area contributed by atoms with Gasteiger partial charge in [0.1, 0.15) is 5.82 Å². The van der Waals surface area contributed by atoms with E-state index in [1.165, 1.54) is 4.90 Å². The first-order valence-electron chi connectivity index (χ1n) is 7.59. The first-order valence-corrected chi connectivity index (χ1v) is 7.96. The standard InChI is InChI=1S/C16H11ClF5N3/c17-15-23-13-8(7-3-10(18)12(20)11(19)4-7)1-2-9(13)14(24-15)25-5-16(21,22)6-25/h3-4,8H,1-2,5-6H2. The van der Waals surface area contributed by atoms with Crippen LogP contribution in [0.1, 0.15) is 29.2 Å². The summed E-state index contributed by atoms with van der Waals surface area (Å²) in [5, 5.41) is -0.126. The molecular formula is C16H11ClF5N3. The van der Waals surface area contributed by atoms with Crippen LogP contribution >= 0.6 is 11.6 Å². The molecule has 2 aromatic rings. The van der Waals surface area contributed by atoms with Gasteiger partial charge in [-0.2, -0.15) is 0 Å². The van der Waals surface area contributed by atoms with Crippen molar-refractivity contribution in [2.24, 2.45) is 0 Å². The second kappa shape index (κ2) is 5.52. The quantitative estimate of drug-likeness (QED) is 0.450. The molecule has 1 aromatic carbocycles. The smallest absolute Gasteiger partial charge is 0.282 e. The largest absolute Gasteiger partial charge is 0.344 e. The van der Waals surface area contributed by atoms with Gasteiger partial charge in [0.2, 0.25) is 5.28 Å². The topological polar surface area (TPSA) is 29.0 Å². The Hall–Kier alpha value is -1.96. The molecule has 0 bridgehead atoms. The van der Waals surface area contributed by atoms with Gasteiger partial charge in [0.15, 0.2) is 17.5 Å². The molecule has 1 unspecified atom stereocenters. The fraction of sp³-hybridized carbons (Fsp3) is 0.375. The molecular weight excluding hydrogens is 365 g/mol. The zero-order valence-corrected chi connectivity index (χ0v) is 13.4. The number of aromatic nitrogens is 2. The summed E-state index contributed by atoms with van der Waals surface area (Å²) in [5.41, 5.74) is 1.30. The van der Waals surface area contributed by atoms with Gasteiger partial charge in [-0.05, 0) is 42.1 Å². The lowest BCUT2D eigenvalue weighted by atomic mass is 9.96. The zero-order valence-electron chi connectivity index (χ0n) is 12.7. The van der Waals surface area contributed by atoms with E-state index in [9.17, 15) is 22.0 Å². The zero-order chi connectivity index (χ0) is 17.9. The van der Waals surface area contributed by atoms with Gasteiger partial charge in [0.25, 0.3) is 5.92 Å². The Bertz CT molecular complexity index is 842. The van der Waals surface area contributed by atoms with Crippen molar-refractivity contribution in [3.8, 4) is 0 Å². The predicted octanol–water partition coefficient (Wildman–Crippen LogP) is 4.08. The van der Waals surface area contributed by atoms with Crippen molar-refractivity contribution >= 4 is 17.4 Å². The second-order valence-corrected chi connectivity index (χ2v) is 6.62. The van der Waals surface area contributed by atoms with E-state index >= 15 is 0 Å². The van der Waals surface area contributed by atoms with E-state index < -0.39 is 42.4 Å². The molecule has 1 aliphatic heterocycles. The normalized spacial score (nSPS) is 21.2. The highest BCUT2D eigenvalue weighted by Crippen LogP contribution is 2.43. The lowest BCUT2D eigenvalue weighted by Gasteiger charge is -2.40. The van der Waals surface area contributed by atoms with E-state index in [1.807, 2.05) is 0 Å². The van der Waals surface area contributed by atoms with E-state index in [4.69, 9.17) is 11.6 Å². The molecule has 2 aliphatic rings. The minimum Gasteiger partial charge on any atom is -0.344 e. The number of alkyl halides is 2. The molecule has 1 atom stereocenters. The molecule has 0 saturated carbocycles. The van der Waals surface area contributed by atoms with Crippen LogP contribution in [0.15, 0.2) is 12.1 Å². The fourth-order valence-electron chi connectivity index (χ4n) is 3.44. The molecule has 1 aromatic heterocycles. The van der Waals surface area contributed by atoms with Gasteiger partial charge >= 0.3 is 0 Å². The van der Waals surface area contributed by atoms with Crippen LogP contribution in [0.4, 0.5) is 27.8 Å². The third kappa shape index (κ3) is 2.72. The van der Waals surface area contributed by atoms with Crippen LogP contribution in [-0.4, -0.2) is 29.0 Å². The van der Waals surface area contributed by atoms with Gasteiger partial charge in [0.05, 0.1) is 18.8 Å². The van der Waals surface area contributed by atoms with Gasteiger partial charge < -0.3 is 4.90 Å². The number of hydrogen-bond donors (Lipinski definition) is 0. The van der Waals surface area contributed by atoms with Crippen molar-refractivity contribution in [3.05, 3.63) is 51.7 Å². The number of fused-ring (bicyclic) bond motifs is 1. The van der Waals surface area contributed by atoms with Crippen molar-refractivity contribution < 1.29 is 22.0 Å². The summed E-state index contributed by atoms with van der Waals surface area (Å²) in [4.78, 5) is 9.58. The Morgan fingerprint density at radius 3 is 2.32 bits per heavy atom. The van der Waals surface area contributed by atoms with Crippen molar-refractivity contribution in [3.63, 3.8) is 0 Å². The molecule has 1 fully saturated rings. The van der Waals surface area contributed by atoms with E-state index in [-0.39, 0.29) is 10.8 Å². The van der Waals surface area contributed by atoms with Crippen molar-refractivity contribution in [1.82, 2.24) is 9.97 Å². The summed E-state index contributed by atoms with van der Waals surface area (Å²) >= 11 is 5.92. The van der Waals surface area contributed by atoms with Crippen LogP contribution < -0.4 is 4.90 Å². The van der Waals surface area contributed by atoms with Gasteiger partial charge in [-0.25, -0.2) is 31.9 Å². The summed E-state index contributed by atoms with van der Waals surface area (Å²) in [6, 6.07) is 1.84. The number of hydrogen-bond acceptors (Lipinski definition) is 3. The average Bonchev–Trinajstić information content (AvgIpc) is 2.92. The molecule has 132 valence electrons. The molecule has 0 radical (unpaired) electrons. The number of benzene rings is 1. The van der Waals surface area contributed by atoms with E-state index in [0.717, 1.165) is 12.1 Å². The lowest BCUT2D eigenvalue weighted by molar-refractivity contribution is -0.0267. The molecule has 25 heavy (non-hydrogen) atoms. The van der Waals surface area contributed by atoms with Crippen LogP contribution in [-0.2, 0) is 6.42 Å². The number of halogens is 6. The minimum absolute atomic E-state index is 0.126. The molecule has 2 heterocycles. The van der Waals surface area contributed by atoms with Crippen molar-refractivity contribution in [2.75, 3.05) is 18.0 Å². The molecule has 4 rings (SSSR count). The predicted molar refractivity (Wildman–Crippen MR) is 80.7 cm³/mol. The van der Waals surface area contributed by atoms with Crippen LogP contribution in [0.25, 0.3) is 0 Å². The van der Waals surface area contributed by atoms with Gasteiger partial charge in [-0.15, -0.1) is 0 Å². The molecule has 3 nitrogen and oxygen atoms in total. The number of rotatable bonds is 2. The minimum atomic E-state index is -2.77. The SMILES string of the molecule is Fc1cc(C2CCc3c2nc(Cl)nc3N2CC(F)(F)C2)cc(F)c1F. The molecule has 0 amide bonds. The highest BCUT2D eigenvalue weighted by molar-refractivity contribution is 6.28. The lowest BCUT2D eigenvalue weighted by Crippen LogP contribution is -2.57. The van der Waals surface area contributed by atoms with Crippen LogP contribution in [0.5, 0.6) is 0 Å². The first-order chi connectivity index (χ1) is 11.7. The average molecular weight is 376 g/mol. The van der Waals surface area contributed by atoms with E-state index in [0.29, 0.717) is 29.9 Å². The number of nitrogens with zero attached hydrogens (tertiary/aromatic N) is 3. The molecule has 1 aliphatic carbocycles. The summed E-state index contributed by atoms with van der Waals surface area (Å²) < 4.78 is 66.6. The first kappa shape index (κ1) is 16.5. The Morgan fingerprint density at radius 1 is 1.08 bits per heavy atom. The van der Waals surface area contributed by atoms with Crippen LogP contribution in [0.2, 0.25) is 5.28 Å². The van der Waals surface area contributed by atoms with Crippen molar-refractivity contribution in [2.45, 2.75) is 24.7 Å². The highest BCUT2D eigenvalue weighted by Gasteiger charge is 2.46. The Balaban J connectivity index is 1.75. The third-order valence-corrected chi connectivity index (χ3v) is 4.72. The van der Waals surface area contributed by atoms with E-state index in [2.05, 4.69) is 9.97 Å². The van der Waals surface area contributed by atoms with Crippen molar-refractivity contribution in [1.29, 1.82) is 0 Å². The second-order valence-electron chi connectivity index (χ2n) is 6.28. The maximum absolute atomic E-state index is 13.5. The van der Waals surface area contributed by atoms with E-state index in [1.54, 1.807) is 0 Å². The molecule has 9 heteroatoms. The van der Waals surface area contributed by atoms with Crippen LogP contribution in [0.3, 0.4) is 0 Å². The van der Waals surface area contributed by atoms with Gasteiger partial charge in [-0.3, -0.25) is 0 Å². The summed E-state index contributed by atoms with van der Waals surface area (Å²) in [5.74, 6) is -7.05. The maximum atomic E-state index is 13.5. The number of anilines is 1. The summed E-state index contributed by atoms with van der Waals surface area (Å²) in [6.07, 6.45) is 0.904. The summed E-state index contributed by atoms with van der Waals surface area (Å²) in [7, 11) is 0. The molecule has 0 N–H and O–H groups in total. The fourth-order valence-corrected chi connectivity index (χ4v) is 3.61. The monoisotopic (exact) mass is 375 g/mol.